The highest BCUT2D eigenvalue weighted by Crippen LogP contribution is 2.21. The molecule has 30 heavy (non-hydrogen) atoms. The third-order valence-corrected chi connectivity index (χ3v) is 5.74. The summed E-state index contributed by atoms with van der Waals surface area (Å²) in [6.07, 6.45) is 2.72. The molecule has 0 radical (unpaired) electrons. The van der Waals surface area contributed by atoms with Gasteiger partial charge in [-0.1, -0.05) is 0 Å². The number of esters is 1. The van der Waals surface area contributed by atoms with Crippen molar-refractivity contribution in [3.05, 3.63) is 22.8 Å². The highest BCUT2D eigenvalue weighted by Gasteiger charge is 2.27. The summed E-state index contributed by atoms with van der Waals surface area (Å²) in [4.78, 5) is 43.2. The number of hydrogen-bond donors (Lipinski definition) is 2. The fraction of sp³-hybridized carbons (Fsp3) is 0.526. The number of carbonyl (C=O) groups is 3. The fourth-order valence-corrected chi connectivity index (χ4v) is 3.98. The van der Waals surface area contributed by atoms with E-state index < -0.39 is 5.97 Å². The number of aromatic nitrogens is 3. The Morgan fingerprint density at radius 2 is 2.00 bits per heavy atom. The minimum atomic E-state index is -0.525. The van der Waals surface area contributed by atoms with E-state index in [4.69, 9.17) is 4.74 Å². The molecular weight excluding hydrogens is 408 g/mol. The van der Waals surface area contributed by atoms with Gasteiger partial charge >= 0.3 is 5.97 Å². The van der Waals surface area contributed by atoms with Crippen LogP contribution in [0.4, 0.5) is 10.9 Å². The summed E-state index contributed by atoms with van der Waals surface area (Å²) in [6.45, 7) is 5.29. The molecule has 2 aromatic rings. The smallest absolute Gasteiger partial charge is 0.343 e. The van der Waals surface area contributed by atoms with Gasteiger partial charge in [-0.3, -0.25) is 19.2 Å². The lowest BCUT2D eigenvalue weighted by atomic mass is 9.96. The van der Waals surface area contributed by atoms with Crippen LogP contribution in [0.1, 0.15) is 35.8 Å². The van der Waals surface area contributed by atoms with Gasteiger partial charge in [0.1, 0.15) is 11.4 Å². The molecule has 2 amide bonds. The number of amides is 2. The van der Waals surface area contributed by atoms with Crippen LogP contribution in [0.5, 0.6) is 0 Å². The zero-order valence-electron chi connectivity index (χ0n) is 17.3. The van der Waals surface area contributed by atoms with Crippen LogP contribution in [-0.4, -0.2) is 63.7 Å². The lowest BCUT2D eigenvalue weighted by molar-refractivity contribution is -0.121. The standard InChI is InChI=1S/C19H26N6O4S/c1-4-29-18(28)14-9-20-24(3)16(14)22-15(26)10-25-7-5-13(6-8-25)17(27)23-19-21-12(2)11-30-19/h9,11,13H,4-8,10H2,1-3H3,(H,22,26)(H,21,23,27). The average Bonchev–Trinajstić information content (AvgIpc) is 3.28. The first-order chi connectivity index (χ1) is 14.4. The van der Waals surface area contributed by atoms with Crippen LogP contribution in [-0.2, 0) is 21.4 Å². The molecule has 2 N–H and O–H groups in total. The summed E-state index contributed by atoms with van der Waals surface area (Å²) in [5.41, 5.74) is 1.11. The van der Waals surface area contributed by atoms with E-state index in [-0.39, 0.29) is 36.4 Å². The SMILES string of the molecule is CCOC(=O)c1cnn(C)c1NC(=O)CN1CCC(C(=O)Nc2nc(C)cs2)CC1. The minimum Gasteiger partial charge on any atom is -0.462 e. The maximum Gasteiger partial charge on any atom is 0.343 e. The Hall–Kier alpha value is -2.79. The van der Waals surface area contributed by atoms with Gasteiger partial charge in [0, 0.05) is 18.3 Å². The Balaban J connectivity index is 1.48. The number of nitrogens with one attached hydrogen (secondary N) is 2. The van der Waals surface area contributed by atoms with Crippen LogP contribution in [0.15, 0.2) is 11.6 Å². The van der Waals surface area contributed by atoms with Crippen molar-refractivity contribution < 1.29 is 19.1 Å². The van der Waals surface area contributed by atoms with Gasteiger partial charge in [-0.2, -0.15) is 5.10 Å². The Bertz CT molecular complexity index is 916. The molecule has 11 heteroatoms. The van der Waals surface area contributed by atoms with Gasteiger partial charge < -0.3 is 15.4 Å². The second-order valence-corrected chi connectivity index (χ2v) is 7.99. The number of aryl methyl sites for hydroxylation is 2. The number of nitrogens with zero attached hydrogens (tertiary/aromatic N) is 4. The molecule has 0 aliphatic carbocycles. The maximum absolute atomic E-state index is 12.5. The summed E-state index contributed by atoms with van der Waals surface area (Å²) in [7, 11) is 1.65. The largest absolute Gasteiger partial charge is 0.462 e. The molecule has 1 aliphatic heterocycles. The van der Waals surface area contributed by atoms with Crippen LogP contribution >= 0.6 is 11.3 Å². The Labute approximate surface area is 178 Å². The predicted octanol–water partition coefficient (Wildman–Crippen LogP) is 1.65. The number of hydrogen-bond acceptors (Lipinski definition) is 8. The lowest BCUT2D eigenvalue weighted by Crippen LogP contribution is -2.42. The van der Waals surface area contributed by atoms with E-state index in [0.717, 1.165) is 5.69 Å². The lowest BCUT2D eigenvalue weighted by Gasteiger charge is -2.30. The molecule has 0 atom stereocenters. The van der Waals surface area contributed by atoms with Crippen molar-refractivity contribution in [2.75, 3.05) is 36.9 Å². The molecule has 10 nitrogen and oxygen atoms in total. The maximum atomic E-state index is 12.5. The molecule has 162 valence electrons. The zero-order chi connectivity index (χ0) is 21.7. The van der Waals surface area contributed by atoms with Crippen LogP contribution in [0.2, 0.25) is 0 Å². The van der Waals surface area contributed by atoms with Gasteiger partial charge in [0.15, 0.2) is 5.13 Å². The Kier molecular flexibility index (Phi) is 7.16. The molecular formula is C19H26N6O4S. The number of piperidine rings is 1. The minimum absolute atomic E-state index is 0.0255. The predicted molar refractivity (Wildman–Crippen MR) is 112 cm³/mol. The van der Waals surface area contributed by atoms with Crippen molar-refractivity contribution in [2.24, 2.45) is 13.0 Å². The Morgan fingerprint density at radius 3 is 2.63 bits per heavy atom. The van der Waals surface area contributed by atoms with Crippen LogP contribution in [0, 0.1) is 12.8 Å². The zero-order valence-corrected chi connectivity index (χ0v) is 18.1. The van der Waals surface area contributed by atoms with Gasteiger partial charge in [0.05, 0.1) is 25.0 Å². The first-order valence-electron chi connectivity index (χ1n) is 9.81. The summed E-state index contributed by atoms with van der Waals surface area (Å²) in [5.74, 6) is -0.580. The molecule has 0 saturated carbocycles. The summed E-state index contributed by atoms with van der Waals surface area (Å²) in [5, 5.41) is 12.2. The van der Waals surface area contributed by atoms with Crippen LogP contribution < -0.4 is 10.6 Å². The van der Waals surface area contributed by atoms with Crippen molar-refractivity contribution in [2.45, 2.75) is 26.7 Å². The van der Waals surface area contributed by atoms with E-state index in [2.05, 4.69) is 20.7 Å². The topological polar surface area (TPSA) is 118 Å². The quantitative estimate of drug-likeness (QED) is 0.636. The van der Waals surface area contributed by atoms with Gasteiger partial charge in [-0.15, -0.1) is 11.3 Å². The van der Waals surface area contributed by atoms with Gasteiger partial charge in [0.25, 0.3) is 0 Å². The highest BCUT2D eigenvalue weighted by molar-refractivity contribution is 7.13. The van der Waals surface area contributed by atoms with Crippen LogP contribution in [0.3, 0.4) is 0 Å². The number of likely N-dealkylation sites (tertiary alicyclic amines) is 1. The molecule has 3 rings (SSSR count). The first kappa shape index (κ1) is 21.9. The van der Waals surface area contributed by atoms with Crippen molar-refractivity contribution >= 4 is 40.1 Å². The van der Waals surface area contributed by atoms with E-state index in [9.17, 15) is 14.4 Å². The number of rotatable bonds is 7. The third kappa shape index (κ3) is 5.42. The fourth-order valence-electron chi connectivity index (χ4n) is 3.29. The molecule has 1 aliphatic rings. The number of thiazole rings is 1. The number of ether oxygens (including phenoxy) is 1. The molecule has 3 heterocycles. The van der Waals surface area contributed by atoms with Crippen molar-refractivity contribution in [3.8, 4) is 0 Å². The van der Waals surface area contributed by atoms with Gasteiger partial charge in [-0.25, -0.2) is 9.78 Å². The highest BCUT2D eigenvalue weighted by atomic mass is 32.1. The summed E-state index contributed by atoms with van der Waals surface area (Å²) in [6, 6.07) is 0. The van der Waals surface area contributed by atoms with E-state index in [1.54, 1.807) is 14.0 Å². The Morgan fingerprint density at radius 1 is 1.27 bits per heavy atom. The van der Waals surface area contributed by atoms with E-state index in [1.165, 1.54) is 22.2 Å². The summed E-state index contributed by atoms with van der Waals surface area (Å²) >= 11 is 1.41. The normalized spacial score (nSPS) is 15.0. The second kappa shape index (κ2) is 9.81. The molecule has 0 spiro atoms. The number of anilines is 2. The van der Waals surface area contributed by atoms with Crippen LogP contribution in [0.25, 0.3) is 0 Å². The van der Waals surface area contributed by atoms with E-state index >= 15 is 0 Å². The molecule has 2 aromatic heterocycles. The van der Waals surface area contributed by atoms with Crippen molar-refractivity contribution in [1.82, 2.24) is 19.7 Å². The van der Waals surface area contributed by atoms with Gasteiger partial charge in [-0.05, 0) is 39.8 Å². The van der Waals surface area contributed by atoms with Gasteiger partial charge in [0.2, 0.25) is 11.8 Å². The monoisotopic (exact) mass is 434 g/mol. The van der Waals surface area contributed by atoms with E-state index in [0.29, 0.717) is 36.9 Å². The first-order valence-corrected chi connectivity index (χ1v) is 10.7. The molecule has 0 aromatic carbocycles. The molecule has 1 fully saturated rings. The average molecular weight is 435 g/mol. The molecule has 0 unspecified atom stereocenters. The van der Waals surface area contributed by atoms with Crippen molar-refractivity contribution in [3.63, 3.8) is 0 Å². The molecule has 0 bridgehead atoms. The molecule has 1 saturated heterocycles. The number of carbonyl (C=O) groups excluding carboxylic acids is 3. The second-order valence-electron chi connectivity index (χ2n) is 7.13. The van der Waals surface area contributed by atoms with Crippen molar-refractivity contribution in [1.29, 1.82) is 0 Å². The summed E-state index contributed by atoms with van der Waals surface area (Å²) < 4.78 is 6.43. The van der Waals surface area contributed by atoms with E-state index in [1.807, 2.05) is 17.2 Å². The third-order valence-electron chi connectivity index (χ3n) is 4.87.